The van der Waals surface area contributed by atoms with E-state index < -0.39 is 0 Å². The molecule has 0 saturated heterocycles. The lowest BCUT2D eigenvalue weighted by molar-refractivity contribution is 0.201. The average Bonchev–Trinajstić information content (AvgIpc) is 3.04. The third-order valence-electron chi connectivity index (χ3n) is 3.51. The van der Waals surface area contributed by atoms with Crippen LogP contribution in [0.3, 0.4) is 0 Å². The maximum absolute atomic E-state index is 12.4. The SMILES string of the molecule is CCCCN(CCCO)C(=O)Nc1cnn(-c2ccccc2)c1. The van der Waals surface area contributed by atoms with Gasteiger partial charge in [0, 0.05) is 19.7 Å². The molecule has 0 bridgehead atoms. The predicted molar refractivity (Wildman–Crippen MR) is 90.8 cm³/mol. The minimum atomic E-state index is -0.153. The molecule has 0 spiro atoms. The van der Waals surface area contributed by atoms with Crippen LogP contribution in [-0.4, -0.2) is 45.5 Å². The summed E-state index contributed by atoms with van der Waals surface area (Å²) < 4.78 is 1.72. The zero-order valence-corrected chi connectivity index (χ0v) is 13.5. The number of urea groups is 1. The number of nitrogens with zero attached hydrogens (tertiary/aromatic N) is 3. The first-order valence-corrected chi connectivity index (χ1v) is 8.01. The number of aromatic nitrogens is 2. The number of nitrogens with one attached hydrogen (secondary N) is 1. The number of carbonyl (C=O) groups is 1. The number of para-hydroxylation sites is 1. The highest BCUT2D eigenvalue weighted by atomic mass is 16.3. The van der Waals surface area contributed by atoms with Gasteiger partial charge in [0.05, 0.1) is 23.8 Å². The summed E-state index contributed by atoms with van der Waals surface area (Å²) in [6.07, 6.45) is 5.98. The number of benzene rings is 1. The van der Waals surface area contributed by atoms with Gasteiger partial charge in [0.25, 0.3) is 0 Å². The van der Waals surface area contributed by atoms with E-state index in [9.17, 15) is 4.79 Å². The van der Waals surface area contributed by atoms with Gasteiger partial charge in [-0.25, -0.2) is 9.48 Å². The number of hydrogen-bond acceptors (Lipinski definition) is 3. The highest BCUT2D eigenvalue weighted by Gasteiger charge is 2.13. The molecular weight excluding hydrogens is 292 g/mol. The van der Waals surface area contributed by atoms with Crippen LogP contribution in [0.5, 0.6) is 0 Å². The van der Waals surface area contributed by atoms with E-state index in [-0.39, 0.29) is 12.6 Å². The molecule has 0 fully saturated rings. The maximum Gasteiger partial charge on any atom is 0.321 e. The van der Waals surface area contributed by atoms with Gasteiger partial charge in [-0.2, -0.15) is 5.10 Å². The van der Waals surface area contributed by atoms with Gasteiger partial charge in [0.15, 0.2) is 0 Å². The molecule has 0 unspecified atom stereocenters. The fourth-order valence-corrected chi connectivity index (χ4v) is 2.24. The highest BCUT2D eigenvalue weighted by molar-refractivity contribution is 5.89. The average molecular weight is 316 g/mol. The van der Waals surface area contributed by atoms with Crippen LogP contribution < -0.4 is 5.32 Å². The van der Waals surface area contributed by atoms with E-state index in [2.05, 4.69) is 17.3 Å². The van der Waals surface area contributed by atoms with Crippen molar-refractivity contribution in [2.24, 2.45) is 0 Å². The molecule has 124 valence electrons. The molecule has 0 aliphatic carbocycles. The Hall–Kier alpha value is -2.34. The van der Waals surface area contributed by atoms with E-state index in [0.29, 0.717) is 25.2 Å². The number of unbranched alkanes of at least 4 members (excludes halogenated alkanes) is 1. The normalized spacial score (nSPS) is 10.5. The lowest BCUT2D eigenvalue weighted by Crippen LogP contribution is -2.36. The number of aliphatic hydroxyl groups is 1. The Bertz CT molecular complexity index is 590. The van der Waals surface area contributed by atoms with Gasteiger partial charge in [-0.3, -0.25) is 0 Å². The number of rotatable bonds is 8. The van der Waals surface area contributed by atoms with E-state index in [1.807, 2.05) is 30.3 Å². The second kappa shape index (κ2) is 8.95. The maximum atomic E-state index is 12.4. The van der Waals surface area contributed by atoms with Crippen molar-refractivity contribution < 1.29 is 9.90 Å². The quantitative estimate of drug-likeness (QED) is 0.786. The molecular formula is C17H24N4O2. The molecule has 1 heterocycles. The fraction of sp³-hybridized carbons (Fsp3) is 0.412. The molecule has 1 aromatic heterocycles. The molecule has 0 aliphatic heterocycles. The second-order valence-corrected chi connectivity index (χ2v) is 5.36. The highest BCUT2D eigenvalue weighted by Crippen LogP contribution is 2.12. The lowest BCUT2D eigenvalue weighted by Gasteiger charge is -2.22. The van der Waals surface area contributed by atoms with Gasteiger partial charge < -0.3 is 15.3 Å². The van der Waals surface area contributed by atoms with Crippen LogP contribution in [0.1, 0.15) is 26.2 Å². The Labute approximate surface area is 136 Å². The third kappa shape index (κ3) is 5.10. The minimum Gasteiger partial charge on any atom is -0.396 e. The van der Waals surface area contributed by atoms with Gasteiger partial charge >= 0.3 is 6.03 Å². The molecule has 0 radical (unpaired) electrons. The molecule has 23 heavy (non-hydrogen) atoms. The zero-order valence-electron chi connectivity index (χ0n) is 13.5. The zero-order chi connectivity index (χ0) is 16.5. The van der Waals surface area contributed by atoms with E-state index in [0.717, 1.165) is 18.5 Å². The molecule has 2 rings (SSSR count). The lowest BCUT2D eigenvalue weighted by atomic mass is 10.3. The smallest absolute Gasteiger partial charge is 0.321 e. The van der Waals surface area contributed by atoms with Crippen molar-refractivity contribution in [3.8, 4) is 5.69 Å². The van der Waals surface area contributed by atoms with Crippen molar-refractivity contribution in [1.29, 1.82) is 0 Å². The molecule has 2 N–H and O–H groups in total. The number of aliphatic hydroxyl groups excluding tert-OH is 1. The number of anilines is 1. The summed E-state index contributed by atoms with van der Waals surface area (Å²) in [6.45, 7) is 3.41. The van der Waals surface area contributed by atoms with Gasteiger partial charge in [-0.05, 0) is 25.0 Å². The molecule has 0 saturated carbocycles. The van der Waals surface area contributed by atoms with Gasteiger partial charge in [-0.1, -0.05) is 31.5 Å². The van der Waals surface area contributed by atoms with Crippen LogP contribution >= 0.6 is 0 Å². The molecule has 0 aliphatic rings. The van der Waals surface area contributed by atoms with Crippen LogP contribution in [0.25, 0.3) is 5.69 Å². The largest absolute Gasteiger partial charge is 0.396 e. The van der Waals surface area contributed by atoms with Crippen molar-refractivity contribution in [2.75, 3.05) is 25.0 Å². The first-order valence-electron chi connectivity index (χ1n) is 8.01. The number of carbonyl (C=O) groups excluding carboxylic acids is 1. The minimum absolute atomic E-state index is 0.0852. The first kappa shape index (κ1) is 17.0. The number of hydrogen-bond donors (Lipinski definition) is 2. The third-order valence-corrected chi connectivity index (χ3v) is 3.51. The Morgan fingerprint density at radius 1 is 1.26 bits per heavy atom. The van der Waals surface area contributed by atoms with Gasteiger partial charge in [0.1, 0.15) is 0 Å². The standard InChI is InChI=1S/C17H24N4O2/c1-2-3-10-20(11-7-12-22)17(23)19-15-13-18-21(14-15)16-8-5-4-6-9-16/h4-6,8-9,13-14,22H,2-3,7,10-12H2,1H3,(H,19,23). The molecule has 2 amide bonds. The predicted octanol–water partition coefficient (Wildman–Crippen LogP) is 2.89. The van der Waals surface area contributed by atoms with Crippen molar-refractivity contribution in [3.63, 3.8) is 0 Å². The summed E-state index contributed by atoms with van der Waals surface area (Å²) in [7, 11) is 0. The van der Waals surface area contributed by atoms with Crippen molar-refractivity contribution in [2.45, 2.75) is 26.2 Å². The Morgan fingerprint density at radius 3 is 2.70 bits per heavy atom. The van der Waals surface area contributed by atoms with E-state index >= 15 is 0 Å². The fourth-order valence-electron chi connectivity index (χ4n) is 2.24. The van der Waals surface area contributed by atoms with Gasteiger partial charge in [-0.15, -0.1) is 0 Å². The van der Waals surface area contributed by atoms with Crippen LogP contribution in [0, 0.1) is 0 Å². The molecule has 0 atom stereocenters. The summed E-state index contributed by atoms with van der Waals surface area (Å²) in [5.74, 6) is 0. The van der Waals surface area contributed by atoms with Gasteiger partial charge in [0.2, 0.25) is 0 Å². The Balaban J connectivity index is 1.99. The molecule has 1 aromatic carbocycles. The summed E-state index contributed by atoms with van der Waals surface area (Å²) in [4.78, 5) is 14.1. The van der Waals surface area contributed by atoms with Crippen molar-refractivity contribution >= 4 is 11.7 Å². The topological polar surface area (TPSA) is 70.4 Å². The van der Waals surface area contributed by atoms with E-state index in [4.69, 9.17) is 5.11 Å². The number of amides is 2. The Morgan fingerprint density at radius 2 is 2.00 bits per heavy atom. The van der Waals surface area contributed by atoms with Crippen LogP contribution in [0.2, 0.25) is 0 Å². The summed E-state index contributed by atoms with van der Waals surface area (Å²) in [6, 6.07) is 9.58. The van der Waals surface area contributed by atoms with Crippen molar-refractivity contribution in [3.05, 3.63) is 42.7 Å². The molecule has 2 aromatic rings. The van der Waals surface area contributed by atoms with Crippen LogP contribution in [0.4, 0.5) is 10.5 Å². The van der Waals surface area contributed by atoms with Crippen LogP contribution in [0.15, 0.2) is 42.7 Å². The second-order valence-electron chi connectivity index (χ2n) is 5.36. The van der Waals surface area contributed by atoms with E-state index in [1.165, 1.54) is 0 Å². The monoisotopic (exact) mass is 316 g/mol. The Kier molecular flexibility index (Phi) is 6.62. The molecule has 6 heteroatoms. The van der Waals surface area contributed by atoms with Crippen LogP contribution in [-0.2, 0) is 0 Å². The first-order chi connectivity index (χ1) is 11.2. The summed E-state index contributed by atoms with van der Waals surface area (Å²) in [5, 5.41) is 16.1. The van der Waals surface area contributed by atoms with Crippen molar-refractivity contribution in [1.82, 2.24) is 14.7 Å². The summed E-state index contributed by atoms with van der Waals surface area (Å²) in [5.41, 5.74) is 1.60. The van der Waals surface area contributed by atoms with E-state index in [1.54, 1.807) is 22.0 Å². The molecule has 6 nitrogen and oxygen atoms in total. The summed E-state index contributed by atoms with van der Waals surface area (Å²) >= 11 is 0.